The van der Waals surface area contributed by atoms with Crippen molar-refractivity contribution in [3.05, 3.63) is 56.7 Å². The molecule has 0 saturated carbocycles. The fraction of sp³-hybridized carbons (Fsp3) is 0.333. The molecule has 0 bridgehead atoms. The third-order valence-electron chi connectivity index (χ3n) is 3.12. The normalized spacial score (nSPS) is 13.5. The van der Waals surface area contributed by atoms with Crippen molar-refractivity contribution in [1.82, 2.24) is 5.43 Å². The van der Waals surface area contributed by atoms with Crippen LogP contribution >= 0.6 is 22.9 Å². The summed E-state index contributed by atoms with van der Waals surface area (Å²) >= 11 is 7.59. The van der Waals surface area contributed by atoms with Crippen molar-refractivity contribution < 1.29 is 0 Å². The van der Waals surface area contributed by atoms with Crippen LogP contribution in [0.25, 0.3) is 0 Å². The van der Waals surface area contributed by atoms with Crippen LogP contribution in [0.3, 0.4) is 0 Å². The van der Waals surface area contributed by atoms with Gasteiger partial charge in [-0.1, -0.05) is 56.6 Å². The molecule has 1 unspecified atom stereocenters. The molecule has 1 atom stereocenters. The van der Waals surface area contributed by atoms with E-state index in [2.05, 4.69) is 44.4 Å². The standard InChI is InChI=1S/C15H19ClN2S/c1-15(2,3)11-7-5-4-6-10(11)14(18-17)12-8-9-13(16)19-12/h4-9,14,18H,17H2,1-3H3. The number of halogens is 1. The van der Waals surface area contributed by atoms with Crippen molar-refractivity contribution in [3.8, 4) is 0 Å². The van der Waals surface area contributed by atoms with Crippen LogP contribution in [0.5, 0.6) is 0 Å². The maximum atomic E-state index is 6.03. The molecule has 0 aliphatic rings. The molecule has 0 fully saturated rings. The van der Waals surface area contributed by atoms with Gasteiger partial charge in [-0.25, -0.2) is 5.43 Å². The molecule has 0 spiro atoms. The Morgan fingerprint density at radius 2 is 1.84 bits per heavy atom. The van der Waals surface area contributed by atoms with Gasteiger partial charge in [-0.05, 0) is 28.7 Å². The van der Waals surface area contributed by atoms with Crippen LogP contribution in [-0.4, -0.2) is 0 Å². The fourth-order valence-corrected chi connectivity index (χ4v) is 3.38. The van der Waals surface area contributed by atoms with Gasteiger partial charge in [0.2, 0.25) is 0 Å². The highest BCUT2D eigenvalue weighted by Gasteiger charge is 2.23. The first-order valence-corrected chi connectivity index (χ1v) is 7.43. The second-order valence-corrected chi connectivity index (χ2v) is 7.33. The average molecular weight is 295 g/mol. The lowest BCUT2D eigenvalue weighted by molar-refractivity contribution is 0.560. The van der Waals surface area contributed by atoms with E-state index in [1.807, 2.05) is 18.2 Å². The summed E-state index contributed by atoms with van der Waals surface area (Å²) in [6, 6.07) is 12.3. The summed E-state index contributed by atoms with van der Waals surface area (Å²) in [5.41, 5.74) is 5.49. The third-order valence-corrected chi connectivity index (χ3v) is 4.42. The van der Waals surface area contributed by atoms with Gasteiger partial charge in [0, 0.05) is 4.88 Å². The van der Waals surface area contributed by atoms with E-state index in [9.17, 15) is 0 Å². The van der Waals surface area contributed by atoms with Crippen LogP contribution in [-0.2, 0) is 5.41 Å². The van der Waals surface area contributed by atoms with Crippen LogP contribution in [0, 0.1) is 0 Å². The Bertz CT molecular complexity index is 557. The zero-order valence-corrected chi connectivity index (χ0v) is 13.0. The van der Waals surface area contributed by atoms with Crippen LogP contribution in [0.4, 0.5) is 0 Å². The highest BCUT2D eigenvalue weighted by molar-refractivity contribution is 7.16. The number of nitrogens with two attached hydrogens (primary N) is 1. The van der Waals surface area contributed by atoms with Gasteiger partial charge in [0.05, 0.1) is 10.4 Å². The van der Waals surface area contributed by atoms with Gasteiger partial charge >= 0.3 is 0 Å². The Morgan fingerprint density at radius 3 is 2.37 bits per heavy atom. The Morgan fingerprint density at radius 1 is 1.16 bits per heavy atom. The topological polar surface area (TPSA) is 38.0 Å². The molecule has 19 heavy (non-hydrogen) atoms. The molecule has 0 aliphatic carbocycles. The summed E-state index contributed by atoms with van der Waals surface area (Å²) in [6.45, 7) is 6.63. The van der Waals surface area contributed by atoms with Crippen molar-refractivity contribution in [3.63, 3.8) is 0 Å². The first-order valence-electron chi connectivity index (χ1n) is 6.24. The highest BCUT2D eigenvalue weighted by atomic mass is 35.5. The van der Waals surface area contributed by atoms with Gasteiger partial charge in [0.1, 0.15) is 0 Å². The summed E-state index contributed by atoms with van der Waals surface area (Å²) in [6.07, 6.45) is 0. The largest absolute Gasteiger partial charge is 0.271 e. The maximum absolute atomic E-state index is 6.03. The molecular weight excluding hydrogens is 276 g/mol. The Kier molecular flexibility index (Phi) is 4.31. The first-order chi connectivity index (χ1) is 8.93. The summed E-state index contributed by atoms with van der Waals surface area (Å²) < 4.78 is 0.781. The van der Waals surface area contributed by atoms with Crippen LogP contribution in [0.1, 0.15) is 42.8 Å². The van der Waals surface area contributed by atoms with Crippen molar-refractivity contribution in [1.29, 1.82) is 0 Å². The Hall–Kier alpha value is -0.870. The first kappa shape index (κ1) is 14.5. The summed E-state index contributed by atoms with van der Waals surface area (Å²) in [4.78, 5) is 1.13. The monoisotopic (exact) mass is 294 g/mol. The van der Waals surface area contributed by atoms with Gasteiger partial charge in [0.25, 0.3) is 0 Å². The zero-order chi connectivity index (χ0) is 14.0. The van der Waals surface area contributed by atoms with E-state index < -0.39 is 0 Å². The van der Waals surface area contributed by atoms with E-state index in [1.165, 1.54) is 11.1 Å². The average Bonchev–Trinajstić information content (AvgIpc) is 2.76. The molecule has 1 aromatic heterocycles. The molecule has 4 heteroatoms. The molecule has 0 saturated heterocycles. The van der Waals surface area contributed by atoms with Gasteiger partial charge < -0.3 is 0 Å². The minimum atomic E-state index is -0.0204. The molecule has 2 aromatic rings. The van der Waals surface area contributed by atoms with E-state index in [0.29, 0.717) is 0 Å². The Balaban J connectivity index is 2.50. The van der Waals surface area contributed by atoms with Crippen molar-refractivity contribution in [2.24, 2.45) is 5.84 Å². The van der Waals surface area contributed by atoms with Gasteiger partial charge in [-0.2, -0.15) is 0 Å². The molecule has 2 nitrogen and oxygen atoms in total. The smallest absolute Gasteiger partial charge is 0.0931 e. The number of hydrazine groups is 1. The quantitative estimate of drug-likeness (QED) is 0.656. The van der Waals surface area contributed by atoms with E-state index in [1.54, 1.807) is 11.3 Å². The van der Waals surface area contributed by atoms with E-state index >= 15 is 0 Å². The SMILES string of the molecule is CC(C)(C)c1ccccc1C(NN)c1ccc(Cl)s1. The second kappa shape index (κ2) is 5.63. The van der Waals surface area contributed by atoms with Crippen molar-refractivity contribution in [2.45, 2.75) is 32.2 Å². The summed E-state index contributed by atoms with van der Waals surface area (Å²) in [5.74, 6) is 5.77. The third kappa shape index (κ3) is 3.18. The number of rotatable bonds is 3. The molecule has 2 rings (SSSR count). The maximum Gasteiger partial charge on any atom is 0.0931 e. The number of hydrogen-bond acceptors (Lipinski definition) is 3. The van der Waals surface area contributed by atoms with Crippen molar-refractivity contribution >= 4 is 22.9 Å². The summed E-state index contributed by atoms with van der Waals surface area (Å²) in [5, 5.41) is 0. The lowest BCUT2D eigenvalue weighted by Crippen LogP contribution is -2.30. The van der Waals surface area contributed by atoms with E-state index in [4.69, 9.17) is 17.4 Å². The van der Waals surface area contributed by atoms with Gasteiger partial charge in [-0.15, -0.1) is 11.3 Å². The molecule has 0 amide bonds. The molecule has 1 aromatic carbocycles. The van der Waals surface area contributed by atoms with Crippen LogP contribution < -0.4 is 11.3 Å². The molecule has 0 aliphatic heterocycles. The van der Waals surface area contributed by atoms with Gasteiger partial charge in [0.15, 0.2) is 0 Å². The molecule has 102 valence electrons. The minimum Gasteiger partial charge on any atom is -0.271 e. The van der Waals surface area contributed by atoms with E-state index in [-0.39, 0.29) is 11.5 Å². The van der Waals surface area contributed by atoms with Crippen molar-refractivity contribution in [2.75, 3.05) is 0 Å². The molecule has 1 heterocycles. The Labute approximate surface area is 123 Å². The minimum absolute atomic E-state index is 0.0204. The van der Waals surface area contributed by atoms with Gasteiger partial charge in [-0.3, -0.25) is 5.84 Å². The predicted molar refractivity (Wildman–Crippen MR) is 83.6 cm³/mol. The van der Waals surface area contributed by atoms with Crippen LogP contribution in [0.2, 0.25) is 4.34 Å². The fourth-order valence-electron chi connectivity index (χ4n) is 2.24. The molecule has 3 N–H and O–H groups in total. The van der Waals surface area contributed by atoms with E-state index in [0.717, 1.165) is 9.21 Å². The van der Waals surface area contributed by atoms with Crippen LogP contribution in [0.15, 0.2) is 36.4 Å². The molecule has 0 radical (unpaired) electrons. The number of nitrogens with one attached hydrogen (secondary N) is 1. The number of thiophene rings is 1. The second-order valence-electron chi connectivity index (χ2n) is 5.58. The lowest BCUT2D eigenvalue weighted by Gasteiger charge is -2.26. The lowest BCUT2D eigenvalue weighted by atomic mass is 9.81. The highest BCUT2D eigenvalue weighted by Crippen LogP contribution is 2.35. The summed E-state index contributed by atoms with van der Waals surface area (Å²) in [7, 11) is 0. The number of hydrogen-bond donors (Lipinski definition) is 2. The number of benzene rings is 1. The predicted octanol–water partition coefficient (Wildman–Crippen LogP) is 4.25. The zero-order valence-electron chi connectivity index (χ0n) is 11.4. The molecular formula is C15H19ClN2S.